The van der Waals surface area contributed by atoms with Gasteiger partial charge in [0.2, 0.25) is 15.9 Å². The minimum Gasteiger partial charge on any atom is -0.324 e. The van der Waals surface area contributed by atoms with Crippen molar-refractivity contribution in [1.82, 2.24) is 4.72 Å². The Hall–Kier alpha value is -1.44. The van der Waals surface area contributed by atoms with Crippen LogP contribution in [0.15, 0.2) is 23.1 Å². The van der Waals surface area contributed by atoms with Gasteiger partial charge in [0.25, 0.3) is 0 Å². The van der Waals surface area contributed by atoms with E-state index in [2.05, 4.69) is 10.0 Å². The average molecular weight is 313 g/mol. The van der Waals surface area contributed by atoms with Crippen LogP contribution >= 0.6 is 0 Å². The fourth-order valence-electron chi connectivity index (χ4n) is 1.75. The third-order valence-corrected chi connectivity index (χ3v) is 5.02. The van der Waals surface area contributed by atoms with Crippen LogP contribution in [-0.4, -0.2) is 27.4 Å². The molecule has 0 aliphatic carbocycles. The van der Waals surface area contributed by atoms with E-state index in [4.69, 9.17) is 5.73 Å². The van der Waals surface area contributed by atoms with Crippen LogP contribution in [0.1, 0.15) is 25.8 Å². The van der Waals surface area contributed by atoms with E-state index < -0.39 is 16.1 Å². The van der Waals surface area contributed by atoms with Gasteiger partial charge in [0.15, 0.2) is 0 Å². The average Bonchev–Trinajstić information content (AvgIpc) is 2.47. The number of nitrogens with two attached hydrogens (primary N) is 1. The number of nitrogens with one attached hydrogen (secondary N) is 2. The van der Waals surface area contributed by atoms with Crippen molar-refractivity contribution in [3.8, 4) is 0 Å². The van der Waals surface area contributed by atoms with E-state index >= 15 is 0 Å². The highest BCUT2D eigenvalue weighted by atomic mass is 32.2. The summed E-state index contributed by atoms with van der Waals surface area (Å²) in [7, 11) is -2.21. The summed E-state index contributed by atoms with van der Waals surface area (Å²) in [6, 6.07) is 3.95. The summed E-state index contributed by atoms with van der Waals surface area (Å²) in [5, 5.41) is 2.71. The first kappa shape index (κ1) is 17.6. The highest BCUT2D eigenvalue weighted by molar-refractivity contribution is 7.89. The summed E-state index contributed by atoms with van der Waals surface area (Å²) in [5.74, 6) is -0.263. The van der Waals surface area contributed by atoms with E-state index in [1.165, 1.54) is 19.2 Å². The molecule has 0 spiro atoms. The quantitative estimate of drug-likeness (QED) is 0.735. The predicted octanol–water partition coefficient (Wildman–Crippen LogP) is 1.22. The standard InChI is InChI=1S/C14H23N3O3S/c1-5-9(2)13(15)14(18)17-12-8-11(7-6-10(12)3)21(19,20)16-4/h6-9,13,16H,5,15H2,1-4H3,(H,17,18). The maximum Gasteiger partial charge on any atom is 0.241 e. The molecule has 0 saturated carbocycles. The van der Waals surface area contributed by atoms with Crippen molar-refractivity contribution in [3.63, 3.8) is 0 Å². The Labute approximate surface area is 126 Å². The summed E-state index contributed by atoms with van der Waals surface area (Å²) in [6.07, 6.45) is 0.793. The molecule has 0 radical (unpaired) electrons. The third kappa shape index (κ3) is 4.26. The molecule has 1 aromatic rings. The SMILES string of the molecule is CCC(C)C(N)C(=O)Nc1cc(S(=O)(=O)NC)ccc1C. The Bertz CT molecular complexity index is 614. The van der Waals surface area contributed by atoms with Gasteiger partial charge < -0.3 is 11.1 Å². The van der Waals surface area contributed by atoms with Gasteiger partial charge in [-0.1, -0.05) is 26.3 Å². The minimum absolute atomic E-state index is 0.0505. The zero-order chi connectivity index (χ0) is 16.2. The zero-order valence-electron chi connectivity index (χ0n) is 12.8. The van der Waals surface area contributed by atoms with Gasteiger partial charge in [-0.05, 0) is 37.6 Å². The molecule has 0 aliphatic heterocycles. The van der Waals surface area contributed by atoms with Crippen molar-refractivity contribution in [2.45, 2.75) is 38.1 Å². The first-order valence-corrected chi connectivity index (χ1v) is 8.31. The lowest BCUT2D eigenvalue weighted by Crippen LogP contribution is -2.40. The summed E-state index contributed by atoms with van der Waals surface area (Å²) in [4.78, 5) is 12.2. The van der Waals surface area contributed by atoms with Gasteiger partial charge in [-0.15, -0.1) is 0 Å². The highest BCUT2D eigenvalue weighted by Crippen LogP contribution is 2.20. The second kappa shape index (κ2) is 7.02. The van der Waals surface area contributed by atoms with Crippen molar-refractivity contribution >= 4 is 21.6 Å². The van der Waals surface area contributed by atoms with Crippen LogP contribution in [0.3, 0.4) is 0 Å². The Morgan fingerprint density at radius 2 is 2.00 bits per heavy atom. The third-order valence-electron chi connectivity index (χ3n) is 3.61. The number of amides is 1. The molecule has 1 aromatic carbocycles. The molecule has 7 heteroatoms. The van der Waals surface area contributed by atoms with Crippen molar-refractivity contribution in [2.24, 2.45) is 11.7 Å². The number of hydrogen-bond acceptors (Lipinski definition) is 4. The van der Waals surface area contributed by atoms with E-state index in [1.54, 1.807) is 13.0 Å². The molecule has 0 saturated heterocycles. The molecule has 0 aliphatic rings. The molecule has 0 bridgehead atoms. The van der Waals surface area contributed by atoms with E-state index in [9.17, 15) is 13.2 Å². The summed E-state index contributed by atoms with van der Waals surface area (Å²) < 4.78 is 25.8. The molecule has 6 nitrogen and oxygen atoms in total. The lowest BCUT2D eigenvalue weighted by atomic mass is 9.99. The second-order valence-electron chi connectivity index (χ2n) is 5.08. The van der Waals surface area contributed by atoms with Crippen LogP contribution in [0.5, 0.6) is 0 Å². The molecule has 1 amide bonds. The molecule has 118 valence electrons. The molecular weight excluding hydrogens is 290 g/mol. The molecule has 0 aromatic heterocycles. The predicted molar refractivity (Wildman–Crippen MR) is 83.5 cm³/mol. The van der Waals surface area contributed by atoms with E-state index in [0.717, 1.165) is 12.0 Å². The fourth-order valence-corrected chi connectivity index (χ4v) is 2.51. The fraction of sp³-hybridized carbons (Fsp3) is 0.500. The largest absolute Gasteiger partial charge is 0.324 e. The van der Waals surface area contributed by atoms with Gasteiger partial charge in [-0.2, -0.15) is 0 Å². The smallest absolute Gasteiger partial charge is 0.241 e. The molecule has 1 rings (SSSR count). The van der Waals surface area contributed by atoms with Gasteiger partial charge in [0.05, 0.1) is 10.9 Å². The maximum absolute atomic E-state index is 12.1. The van der Waals surface area contributed by atoms with Gasteiger partial charge in [-0.3, -0.25) is 4.79 Å². The number of anilines is 1. The second-order valence-corrected chi connectivity index (χ2v) is 6.97. The zero-order valence-corrected chi connectivity index (χ0v) is 13.6. The molecule has 4 N–H and O–H groups in total. The van der Waals surface area contributed by atoms with Crippen LogP contribution in [-0.2, 0) is 14.8 Å². The lowest BCUT2D eigenvalue weighted by Gasteiger charge is -2.19. The van der Waals surface area contributed by atoms with Gasteiger partial charge in [0.1, 0.15) is 0 Å². The Kier molecular flexibility index (Phi) is 5.88. The molecular formula is C14H23N3O3S. The number of benzene rings is 1. The van der Waals surface area contributed by atoms with E-state index in [1.807, 2.05) is 13.8 Å². The Morgan fingerprint density at radius 3 is 2.52 bits per heavy atom. The van der Waals surface area contributed by atoms with Crippen LogP contribution in [0.2, 0.25) is 0 Å². The molecule has 2 atom stereocenters. The summed E-state index contributed by atoms with van der Waals surface area (Å²) in [5.41, 5.74) is 7.10. The van der Waals surface area contributed by atoms with Crippen molar-refractivity contribution < 1.29 is 13.2 Å². The highest BCUT2D eigenvalue weighted by Gasteiger charge is 2.21. The number of aryl methyl sites for hydroxylation is 1. The van der Waals surface area contributed by atoms with Crippen molar-refractivity contribution in [3.05, 3.63) is 23.8 Å². The van der Waals surface area contributed by atoms with Gasteiger partial charge >= 0.3 is 0 Å². The monoisotopic (exact) mass is 313 g/mol. The van der Waals surface area contributed by atoms with Crippen LogP contribution < -0.4 is 15.8 Å². The number of hydrogen-bond donors (Lipinski definition) is 3. The first-order chi connectivity index (χ1) is 9.72. The summed E-state index contributed by atoms with van der Waals surface area (Å²) in [6.45, 7) is 5.66. The molecule has 2 unspecified atom stereocenters. The van der Waals surface area contributed by atoms with Crippen molar-refractivity contribution in [2.75, 3.05) is 12.4 Å². The van der Waals surface area contributed by atoms with Crippen LogP contribution in [0.4, 0.5) is 5.69 Å². The number of rotatable bonds is 6. The molecule has 21 heavy (non-hydrogen) atoms. The normalized spacial score (nSPS) is 14.5. The van der Waals surface area contributed by atoms with Gasteiger partial charge in [0, 0.05) is 5.69 Å². The maximum atomic E-state index is 12.1. The Morgan fingerprint density at radius 1 is 1.38 bits per heavy atom. The topological polar surface area (TPSA) is 101 Å². The number of carbonyl (C=O) groups is 1. The summed E-state index contributed by atoms with van der Waals surface area (Å²) >= 11 is 0. The van der Waals surface area contributed by atoms with Crippen LogP contribution in [0.25, 0.3) is 0 Å². The van der Waals surface area contributed by atoms with E-state index in [-0.39, 0.29) is 16.7 Å². The lowest BCUT2D eigenvalue weighted by molar-refractivity contribution is -0.118. The van der Waals surface area contributed by atoms with Crippen LogP contribution in [0, 0.1) is 12.8 Å². The van der Waals surface area contributed by atoms with E-state index in [0.29, 0.717) is 5.69 Å². The number of carbonyl (C=O) groups excluding carboxylic acids is 1. The Balaban J connectivity index is 3.04. The minimum atomic E-state index is -3.55. The molecule has 0 heterocycles. The number of sulfonamides is 1. The van der Waals surface area contributed by atoms with Crippen molar-refractivity contribution in [1.29, 1.82) is 0 Å². The molecule has 0 fully saturated rings. The first-order valence-electron chi connectivity index (χ1n) is 6.83. The van der Waals surface area contributed by atoms with Gasteiger partial charge in [-0.25, -0.2) is 13.1 Å².